The number of ether oxygens (including phenoxy) is 1. The third-order valence-corrected chi connectivity index (χ3v) is 4.74. The highest BCUT2D eigenvalue weighted by Gasteiger charge is 2.27. The number of fused-ring (bicyclic) bond motifs is 1. The van der Waals surface area contributed by atoms with Crippen LogP contribution in [0.2, 0.25) is 0 Å². The van der Waals surface area contributed by atoms with Gasteiger partial charge in [0.25, 0.3) is 11.3 Å². The summed E-state index contributed by atoms with van der Waals surface area (Å²) in [7, 11) is 1.44. The molecule has 4 rings (SSSR count). The fraction of sp³-hybridized carbons (Fsp3) is 0.217. The van der Waals surface area contributed by atoms with Gasteiger partial charge in [0.05, 0.1) is 5.69 Å². The average Bonchev–Trinajstić information content (AvgIpc) is 3.23. The number of nitrogens with one attached hydrogen (secondary N) is 1. The van der Waals surface area contributed by atoms with E-state index in [4.69, 9.17) is 9.26 Å². The summed E-state index contributed by atoms with van der Waals surface area (Å²) in [4.78, 5) is 47.0. The fourth-order valence-electron chi connectivity index (χ4n) is 3.20. The highest BCUT2D eigenvalue weighted by Crippen LogP contribution is 2.31. The summed E-state index contributed by atoms with van der Waals surface area (Å²) in [6.45, 7) is 5.15. The number of aromatic carboxylic acids is 1. The lowest BCUT2D eigenvalue weighted by molar-refractivity contribution is 0.0588. The van der Waals surface area contributed by atoms with E-state index >= 15 is 0 Å². The highest BCUT2D eigenvalue weighted by atomic mass is 16.6. The predicted octanol–water partition coefficient (Wildman–Crippen LogP) is 3.58. The first kappa shape index (κ1) is 23.4. The number of hydrogen-bond donors (Lipinski definition) is 2. The van der Waals surface area contributed by atoms with E-state index < -0.39 is 29.0 Å². The first-order valence-electron chi connectivity index (χ1n) is 10.5. The van der Waals surface area contributed by atoms with Crippen molar-refractivity contribution in [3.8, 4) is 5.82 Å². The van der Waals surface area contributed by atoms with Gasteiger partial charge in [-0.25, -0.2) is 19.6 Å². The minimum atomic E-state index is -1.39. The van der Waals surface area contributed by atoms with Gasteiger partial charge in [-0.2, -0.15) is 0 Å². The molecule has 0 radical (unpaired) electrons. The summed E-state index contributed by atoms with van der Waals surface area (Å²) < 4.78 is 11.7. The molecular formula is C23H22N6O6. The second-order valence-electron chi connectivity index (χ2n) is 8.49. The van der Waals surface area contributed by atoms with Gasteiger partial charge in [-0.15, -0.1) is 0 Å². The zero-order valence-corrected chi connectivity index (χ0v) is 19.3. The smallest absolute Gasteiger partial charge is 0.414 e. The number of rotatable bonds is 5. The van der Waals surface area contributed by atoms with Gasteiger partial charge in [0.15, 0.2) is 5.52 Å². The van der Waals surface area contributed by atoms with E-state index in [9.17, 15) is 19.5 Å². The Hall–Kier alpha value is -4.74. The molecule has 4 heterocycles. The molecule has 0 aliphatic rings. The van der Waals surface area contributed by atoms with Gasteiger partial charge in [0, 0.05) is 25.5 Å². The van der Waals surface area contributed by atoms with Crippen molar-refractivity contribution < 1.29 is 24.0 Å². The Morgan fingerprint density at radius 2 is 1.94 bits per heavy atom. The van der Waals surface area contributed by atoms with Crippen molar-refractivity contribution in [2.24, 2.45) is 0 Å². The first-order chi connectivity index (χ1) is 16.5. The van der Waals surface area contributed by atoms with Crippen LogP contribution in [0.1, 0.15) is 31.3 Å². The summed E-state index contributed by atoms with van der Waals surface area (Å²) in [6.07, 6.45) is 2.43. The quantitative estimate of drug-likeness (QED) is 0.435. The molecule has 0 fully saturated rings. The minimum Gasteiger partial charge on any atom is -0.475 e. The van der Waals surface area contributed by atoms with Gasteiger partial charge in [-0.1, -0.05) is 11.2 Å². The van der Waals surface area contributed by atoms with Crippen molar-refractivity contribution in [1.29, 1.82) is 0 Å². The van der Waals surface area contributed by atoms with E-state index in [1.54, 1.807) is 57.4 Å². The summed E-state index contributed by atoms with van der Waals surface area (Å²) in [5.41, 5.74) is -0.934. The van der Waals surface area contributed by atoms with Crippen LogP contribution in [0, 0.1) is 0 Å². The summed E-state index contributed by atoms with van der Waals surface area (Å²) in [5.74, 6) is -1.40. The zero-order chi connectivity index (χ0) is 25.3. The molecular weight excluding hydrogens is 456 g/mol. The van der Waals surface area contributed by atoms with E-state index in [2.05, 4.69) is 20.4 Å². The van der Waals surface area contributed by atoms with E-state index in [1.807, 2.05) is 0 Å². The zero-order valence-electron chi connectivity index (χ0n) is 19.3. The molecule has 35 heavy (non-hydrogen) atoms. The van der Waals surface area contributed by atoms with Crippen LogP contribution >= 0.6 is 0 Å². The lowest BCUT2D eigenvalue weighted by Gasteiger charge is -2.25. The van der Waals surface area contributed by atoms with Gasteiger partial charge >= 0.3 is 12.1 Å². The molecule has 0 aliphatic heterocycles. The fourth-order valence-corrected chi connectivity index (χ4v) is 3.20. The van der Waals surface area contributed by atoms with E-state index in [0.717, 1.165) is 4.90 Å². The van der Waals surface area contributed by atoms with Crippen LogP contribution in [0.4, 0.5) is 22.0 Å². The van der Waals surface area contributed by atoms with Gasteiger partial charge in [-0.3, -0.25) is 14.3 Å². The number of pyridine rings is 3. The van der Waals surface area contributed by atoms with Crippen molar-refractivity contribution in [3.05, 3.63) is 64.9 Å². The number of carbonyl (C=O) groups is 2. The maximum absolute atomic E-state index is 13.1. The van der Waals surface area contributed by atoms with Crippen LogP contribution in [0.3, 0.4) is 0 Å². The van der Waals surface area contributed by atoms with Crippen molar-refractivity contribution in [1.82, 2.24) is 19.7 Å². The molecule has 0 saturated heterocycles. The first-order valence-corrected chi connectivity index (χ1v) is 10.5. The summed E-state index contributed by atoms with van der Waals surface area (Å²) >= 11 is 0. The number of anilines is 3. The summed E-state index contributed by atoms with van der Waals surface area (Å²) in [5, 5.41) is 16.2. The number of aromatic nitrogens is 4. The molecule has 0 aliphatic carbocycles. The number of amides is 1. The molecule has 1 amide bonds. The highest BCUT2D eigenvalue weighted by molar-refractivity contribution is 6.05. The summed E-state index contributed by atoms with van der Waals surface area (Å²) in [6, 6.07) is 9.79. The average molecular weight is 478 g/mol. The van der Waals surface area contributed by atoms with E-state index in [1.165, 1.54) is 23.7 Å². The van der Waals surface area contributed by atoms with Crippen LogP contribution in [-0.4, -0.2) is 49.5 Å². The second-order valence-corrected chi connectivity index (χ2v) is 8.49. The number of carboxylic acid groups (broad SMARTS) is 1. The van der Waals surface area contributed by atoms with Crippen LogP contribution in [0.5, 0.6) is 0 Å². The molecule has 0 unspecified atom stereocenters. The predicted molar refractivity (Wildman–Crippen MR) is 127 cm³/mol. The molecule has 180 valence electrons. The van der Waals surface area contributed by atoms with Crippen LogP contribution in [-0.2, 0) is 4.74 Å². The topological polar surface area (TPSA) is 153 Å². The second kappa shape index (κ2) is 8.89. The van der Waals surface area contributed by atoms with Crippen LogP contribution in [0.25, 0.3) is 16.9 Å². The Bertz CT molecular complexity index is 1470. The maximum Gasteiger partial charge on any atom is 0.414 e. The molecule has 12 heteroatoms. The molecule has 4 aromatic heterocycles. The van der Waals surface area contributed by atoms with Crippen molar-refractivity contribution >= 4 is 40.3 Å². The maximum atomic E-state index is 13.1. The van der Waals surface area contributed by atoms with E-state index in [0.29, 0.717) is 5.82 Å². The molecule has 12 nitrogen and oxygen atoms in total. The third kappa shape index (κ3) is 4.81. The van der Waals surface area contributed by atoms with Crippen molar-refractivity contribution in [2.75, 3.05) is 17.3 Å². The number of carboxylic acids is 1. The number of nitrogens with zero attached hydrogens (tertiary/aromatic N) is 5. The molecule has 0 atom stereocenters. The molecule has 0 saturated carbocycles. The Morgan fingerprint density at radius 1 is 1.17 bits per heavy atom. The van der Waals surface area contributed by atoms with Gasteiger partial charge < -0.3 is 19.7 Å². The standard InChI is InChI=1S/C23H22N6O6/c1-23(2,3)34-22(33)28(4)14-12-15(26-18-17(14)27-35-19(18)21(31)32)25-13-8-7-11-29(20(13)30)16-9-5-6-10-24-16/h5-12H,1-4H3,(H,25,26)(H,31,32). The minimum absolute atomic E-state index is 0.0419. The third-order valence-electron chi connectivity index (χ3n) is 4.74. The van der Waals surface area contributed by atoms with Gasteiger partial charge in [0.2, 0.25) is 0 Å². The lowest BCUT2D eigenvalue weighted by atomic mass is 10.2. The molecule has 0 bridgehead atoms. The molecule has 0 spiro atoms. The number of carbonyl (C=O) groups excluding carboxylic acids is 1. The van der Waals surface area contributed by atoms with Crippen molar-refractivity contribution in [3.63, 3.8) is 0 Å². The van der Waals surface area contributed by atoms with Crippen LogP contribution < -0.4 is 15.8 Å². The lowest BCUT2D eigenvalue weighted by Crippen LogP contribution is -2.34. The Morgan fingerprint density at radius 3 is 2.60 bits per heavy atom. The number of hydrogen-bond acceptors (Lipinski definition) is 9. The molecule has 0 aromatic carbocycles. The Balaban J connectivity index is 1.80. The van der Waals surface area contributed by atoms with Gasteiger partial charge in [0.1, 0.15) is 28.4 Å². The van der Waals surface area contributed by atoms with Crippen LogP contribution in [0.15, 0.2) is 58.1 Å². The normalized spacial score (nSPS) is 11.3. The van der Waals surface area contributed by atoms with Crippen molar-refractivity contribution in [2.45, 2.75) is 26.4 Å². The van der Waals surface area contributed by atoms with E-state index in [-0.39, 0.29) is 28.2 Å². The Labute approximate surface area is 198 Å². The SMILES string of the molecule is CN(C(=O)OC(C)(C)C)c1cc(Nc2cccn(-c3ccccn3)c2=O)nc2c(C(=O)O)onc12. The largest absolute Gasteiger partial charge is 0.475 e. The Kier molecular flexibility index (Phi) is 5.95. The molecule has 4 aromatic rings. The van der Waals surface area contributed by atoms with Gasteiger partial charge in [-0.05, 0) is 45.0 Å². The monoisotopic (exact) mass is 478 g/mol. The molecule has 2 N–H and O–H groups in total.